The largest absolute Gasteiger partial charge is 0.355 e. The molecule has 0 radical (unpaired) electrons. The monoisotopic (exact) mass is 338 g/mol. The van der Waals surface area contributed by atoms with Crippen LogP contribution in [0.2, 0.25) is 0 Å². The van der Waals surface area contributed by atoms with E-state index in [4.69, 9.17) is 4.98 Å². The summed E-state index contributed by atoms with van der Waals surface area (Å²) in [5.41, 5.74) is 1.28. The Bertz CT molecular complexity index is 479. The van der Waals surface area contributed by atoms with Crippen LogP contribution in [0.4, 0.5) is 5.82 Å². The van der Waals surface area contributed by atoms with Crippen LogP contribution in [0.1, 0.15) is 24.8 Å². The fraction of sp³-hybridized carbons (Fsp3) is 0.667. The first-order chi connectivity index (χ1) is 9.69. The molecule has 2 unspecified atom stereocenters. The minimum Gasteiger partial charge on any atom is -0.355 e. The first-order valence-corrected chi connectivity index (χ1v) is 8.24. The summed E-state index contributed by atoms with van der Waals surface area (Å²) < 4.78 is 1.06. The molecule has 2 bridgehead atoms. The first kappa shape index (κ1) is 14.3. The number of aromatic nitrogens is 1. The number of pyridine rings is 1. The van der Waals surface area contributed by atoms with E-state index in [2.05, 4.69) is 44.2 Å². The molecule has 2 aliphatic heterocycles. The quantitative estimate of drug-likeness (QED) is 0.915. The lowest BCUT2D eigenvalue weighted by Crippen LogP contribution is -2.37. The number of rotatable bonds is 3. The highest BCUT2D eigenvalue weighted by Crippen LogP contribution is 2.31. The zero-order chi connectivity index (χ0) is 14.1. The number of nitrogens with one attached hydrogen (secondary N) is 1. The number of hydrogen-bond acceptors (Lipinski definition) is 4. The zero-order valence-electron chi connectivity index (χ0n) is 12.3. The molecule has 3 heterocycles. The first-order valence-electron chi connectivity index (χ1n) is 7.45. The van der Waals surface area contributed by atoms with Crippen LogP contribution in [0.15, 0.2) is 16.7 Å². The Morgan fingerprint density at radius 3 is 2.95 bits per heavy atom. The van der Waals surface area contributed by atoms with Gasteiger partial charge in [-0.2, -0.15) is 0 Å². The van der Waals surface area contributed by atoms with Gasteiger partial charge in [-0.25, -0.2) is 4.98 Å². The lowest BCUT2D eigenvalue weighted by Gasteiger charge is -2.28. The predicted molar refractivity (Wildman–Crippen MR) is 86.1 cm³/mol. The van der Waals surface area contributed by atoms with Gasteiger partial charge < -0.3 is 10.2 Å². The summed E-state index contributed by atoms with van der Waals surface area (Å²) in [5, 5.41) is 3.25. The molecule has 1 N–H and O–H groups in total. The maximum Gasteiger partial charge on any atom is 0.133 e. The number of hydrogen-bond donors (Lipinski definition) is 1. The van der Waals surface area contributed by atoms with Gasteiger partial charge in [-0.1, -0.05) is 0 Å². The molecular formula is C15H23BrN4. The van der Waals surface area contributed by atoms with Crippen molar-refractivity contribution in [3.05, 3.63) is 22.3 Å². The Morgan fingerprint density at radius 2 is 2.15 bits per heavy atom. The average Bonchev–Trinajstić information content (AvgIpc) is 2.65. The van der Waals surface area contributed by atoms with E-state index in [0.717, 1.165) is 36.0 Å². The van der Waals surface area contributed by atoms with E-state index in [1.54, 1.807) is 0 Å². The predicted octanol–water partition coefficient (Wildman–Crippen LogP) is 2.24. The Morgan fingerprint density at radius 1 is 1.35 bits per heavy atom. The molecule has 2 aliphatic rings. The van der Waals surface area contributed by atoms with Crippen LogP contribution < -0.4 is 10.2 Å². The molecule has 2 saturated heterocycles. The highest BCUT2D eigenvalue weighted by atomic mass is 79.9. The third-order valence-electron chi connectivity index (χ3n) is 4.72. The normalized spacial score (nSPS) is 26.9. The second-order valence-corrected chi connectivity index (χ2v) is 6.87. The van der Waals surface area contributed by atoms with Gasteiger partial charge in [-0.05, 0) is 55.4 Å². The molecule has 5 heteroatoms. The summed E-state index contributed by atoms with van der Waals surface area (Å²) >= 11 is 3.53. The van der Waals surface area contributed by atoms with Crippen LogP contribution in [-0.4, -0.2) is 49.2 Å². The lowest BCUT2D eigenvalue weighted by atomic mass is 10.1. The molecule has 0 amide bonds. The maximum atomic E-state index is 4.69. The topological polar surface area (TPSA) is 31.4 Å². The van der Waals surface area contributed by atoms with Gasteiger partial charge in [0.15, 0.2) is 0 Å². The second-order valence-electron chi connectivity index (χ2n) is 5.95. The maximum absolute atomic E-state index is 4.69. The van der Waals surface area contributed by atoms with Gasteiger partial charge in [0, 0.05) is 48.0 Å². The van der Waals surface area contributed by atoms with Crippen LogP contribution in [0.3, 0.4) is 0 Å². The summed E-state index contributed by atoms with van der Waals surface area (Å²) in [4.78, 5) is 9.76. The van der Waals surface area contributed by atoms with Gasteiger partial charge in [-0.3, -0.25) is 4.90 Å². The summed E-state index contributed by atoms with van der Waals surface area (Å²) in [5.74, 6) is 1.16. The molecule has 4 nitrogen and oxygen atoms in total. The third-order valence-corrected chi connectivity index (χ3v) is 5.16. The molecule has 1 aromatic heterocycles. The summed E-state index contributed by atoms with van der Waals surface area (Å²) in [6.07, 6.45) is 5.87. The lowest BCUT2D eigenvalue weighted by molar-refractivity contribution is 0.254. The van der Waals surface area contributed by atoms with Crippen molar-refractivity contribution >= 4 is 21.7 Å². The molecule has 110 valence electrons. The van der Waals surface area contributed by atoms with Crippen molar-refractivity contribution in [2.45, 2.75) is 37.9 Å². The Balaban J connectivity index is 1.85. The van der Waals surface area contributed by atoms with Crippen molar-refractivity contribution in [2.75, 3.05) is 32.1 Å². The number of anilines is 1. The minimum absolute atomic E-state index is 0.690. The Hall–Kier alpha value is -0.650. The number of halogens is 1. The van der Waals surface area contributed by atoms with Crippen molar-refractivity contribution in [3.8, 4) is 0 Å². The summed E-state index contributed by atoms with van der Waals surface area (Å²) in [6.45, 7) is 3.09. The van der Waals surface area contributed by atoms with Gasteiger partial charge in [0.05, 0.1) is 0 Å². The van der Waals surface area contributed by atoms with Crippen LogP contribution in [0, 0.1) is 0 Å². The molecule has 2 atom stereocenters. The Labute approximate surface area is 129 Å². The standard InChI is InChI=1S/C15H23BrN4/c1-17-8-11-7-12(16)9-18-15(11)20-6-5-13-3-4-14(10-20)19(13)2/h7,9,13-14,17H,3-6,8,10H2,1-2H3. The molecule has 0 spiro atoms. The fourth-order valence-electron chi connectivity index (χ4n) is 3.58. The van der Waals surface area contributed by atoms with E-state index in [1.165, 1.54) is 24.8 Å². The average molecular weight is 339 g/mol. The van der Waals surface area contributed by atoms with E-state index in [-0.39, 0.29) is 0 Å². The minimum atomic E-state index is 0.690. The number of nitrogens with zero attached hydrogens (tertiary/aromatic N) is 3. The van der Waals surface area contributed by atoms with Crippen LogP contribution in [0.25, 0.3) is 0 Å². The van der Waals surface area contributed by atoms with Gasteiger partial charge in [0.2, 0.25) is 0 Å². The van der Waals surface area contributed by atoms with Crippen molar-refractivity contribution in [3.63, 3.8) is 0 Å². The van der Waals surface area contributed by atoms with Crippen LogP contribution in [-0.2, 0) is 6.54 Å². The van der Waals surface area contributed by atoms with E-state index in [9.17, 15) is 0 Å². The van der Waals surface area contributed by atoms with Crippen LogP contribution >= 0.6 is 15.9 Å². The molecule has 3 rings (SSSR count). The highest BCUT2D eigenvalue weighted by molar-refractivity contribution is 9.10. The smallest absolute Gasteiger partial charge is 0.133 e. The zero-order valence-corrected chi connectivity index (χ0v) is 13.9. The second kappa shape index (κ2) is 6.00. The van der Waals surface area contributed by atoms with Gasteiger partial charge in [0.1, 0.15) is 5.82 Å². The molecule has 0 saturated carbocycles. The SMILES string of the molecule is CNCc1cc(Br)cnc1N1CCC2CCC(C1)N2C. The molecule has 1 aromatic rings. The van der Waals surface area contributed by atoms with E-state index < -0.39 is 0 Å². The molecule has 20 heavy (non-hydrogen) atoms. The van der Waals surface area contributed by atoms with E-state index >= 15 is 0 Å². The molecule has 0 aromatic carbocycles. The molecular weight excluding hydrogens is 316 g/mol. The summed E-state index contributed by atoms with van der Waals surface area (Å²) in [6, 6.07) is 3.65. The third kappa shape index (κ3) is 2.71. The van der Waals surface area contributed by atoms with Crippen molar-refractivity contribution < 1.29 is 0 Å². The Kier molecular flexibility index (Phi) is 4.29. The molecule has 0 aliphatic carbocycles. The van der Waals surface area contributed by atoms with Gasteiger partial charge >= 0.3 is 0 Å². The molecule has 2 fully saturated rings. The highest BCUT2D eigenvalue weighted by Gasteiger charge is 2.35. The van der Waals surface area contributed by atoms with Crippen molar-refractivity contribution in [1.29, 1.82) is 0 Å². The van der Waals surface area contributed by atoms with Crippen molar-refractivity contribution in [1.82, 2.24) is 15.2 Å². The van der Waals surface area contributed by atoms with E-state index in [1.807, 2.05) is 13.2 Å². The van der Waals surface area contributed by atoms with E-state index in [0.29, 0.717) is 6.04 Å². The van der Waals surface area contributed by atoms with Crippen molar-refractivity contribution in [2.24, 2.45) is 0 Å². The fourth-order valence-corrected chi connectivity index (χ4v) is 3.96. The van der Waals surface area contributed by atoms with Gasteiger partial charge in [0.25, 0.3) is 0 Å². The number of fused-ring (bicyclic) bond motifs is 2. The number of likely N-dealkylation sites (N-methyl/N-ethyl adjacent to an activating group) is 1. The van der Waals surface area contributed by atoms with Gasteiger partial charge in [-0.15, -0.1) is 0 Å². The summed E-state index contributed by atoms with van der Waals surface area (Å²) in [7, 11) is 4.28. The van der Waals surface area contributed by atoms with Crippen LogP contribution in [0.5, 0.6) is 0 Å².